The largest absolute Gasteiger partial charge is 0.348 e. The van der Waals surface area contributed by atoms with E-state index in [0.717, 1.165) is 6.07 Å². The second-order valence-corrected chi connectivity index (χ2v) is 5.62. The summed E-state index contributed by atoms with van der Waals surface area (Å²) in [4.78, 5) is 22.4. The highest BCUT2D eigenvalue weighted by Crippen LogP contribution is 2.23. The van der Waals surface area contributed by atoms with Crippen molar-refractivity contribution in [2.24, 2.45) is 5.92 Å². The molecule has 110 valence electrons. The van der Waals surface area contributed by atoms with E-state index in [1.54, 1.807) is 0 Å². The van der Waals surface area contributed by atoms with Gasteiger partial charge in [0.25, 0.3) is 11.6 Å². The first-order chi connectivity index (χ1) is 9.35. The number of carbonyl (C=O) groups excluding carboxylic acids is 1. The minimum absolute atomic E-state index is 0.0155. The van der Waals surface area contributed by atoms with Gasteiger partial charge >= 0.3 is 0 Å². The molecule has 0 aliphatic carbocycles. The van der Waals surface area contributed by atoms with Crippen LogP contribution in [0.4, 0.5) is 5.69 Å². The lowest BCUT2D eigenvalue weighted by atomic mass is 10.0. The highest BCUT2D eigenvalue weighted by Gasteiger charge is 2.22. The zero-order valence-electron chi connectivity index (χ0n) is 11.2. The van der Waals surface area contributed by atoms with Crippen LogP contribution in [0.25, 0.3) is 0 Å². The van der Waals surface area contributed by atoms with Crippen molar-refractivity contribution in [2.45, 2.75) is 26.3 Å². The van der Waals surface area contributed by atoms with Crippen LogP contribution in [0.2, 0.25) is 5.02 Å². The minimum Gasteiger partial charge on any atom is -0.348 e. The van der Waals surface area contributed by atoms with E-state index in [1.807, 2.05) is 13.8 Å². The lowest BCUT2D eigenvalue weighted by Gasteiger charge is -2.18. The summed E-state index contributed by atoms with van der Waals surface area (Å²) in [7, 11) is 0. The predicted molar refractivity (Wildman–Crippen MR) is 79.5 cm³/mol. The zero-order valence-corrected chi connectivity index (χ0v) is 12.7. The topological polar surface area (TPSA) is 72.2 Å². The van der Waals surface area contributed by atoms with Gasteiger partial charge in [0.15, 0.2) is 0 Å². The molecule has 0 aliphatic heterocycles. The van der Waals surface area contributed by atoms with Crippen LogP contribution in [0.15, 0.2) is 18.2 Å². The third-order valence-electron chi connectivity index (χ3n) is 2.68. The van der Waals surface area contributed by atoms with E-state index in [1.165, 1.54) is 12.1 Å². The minimum atomic E-state index is -0.626. The normalized spacial score (nSPS) is 12.2. The summed E-state index contributed by atoms with van der Waals surface area (Å²) in [5, 5.41) is 13.9. The lowest BCUT2D eigenvalue weighted by molar-refractivity contribution is -0.385. The molecule has 7 heteroatoms. The van der Waals surface area contributed by atoms with Crippen LogP contribution in [0, 0.1) is 16.0 Å². The highest BCUT2D eigenvalue weighted by molar-refractivity contribution is 6.31. The van der Waals surface area contributed by atoms with Crippen molar-refractivity contribution in [3.05, 3.63) is 38.9 Å². The summed E-state index contributed by atoms with van der Waals surface area (Å²) < 4.78 is 0. The Labute approximate surface area is 127 Å². The van der Waals surface area contributed by atoms with Gasteiger partial charge in [0.1, 0.15) is 5.56 Å². The van der Waals surface area contributed by atoms with Gasteiger partial charge in [-0.25, -0.2) is 0 Å². The number of hydrogen-bond acceptors (Lipinski definition) is 3. The smallest absolute Gasteiger partial charge is 0.283 e. The van der Waals surface area contributed by atoms with E-state index < -0.39 is 10.8 Å². The van der Waals surface area contributed by atoms with Gasteiger partial charge in [-0.1, -0.05) is 25.4 Å². The van der Waals surface area contributed by atoms with Gasteiger partial charge in [0.05, 0.1) is 4.92 Å². The Morgan fingerprint density at radius 3 is 2.60 bits per heavy atom. The average molecular weight is 319 g/mol. The second-order valence-electron chi connectivity index (χ2n) is 4.87. The maximum Gasteiger partial charge on any atom is 0.283 e. The summed E-state index contributed by atoms with van der Waals surface area (Å²) in [6.45, 7) is 4.02. The Kier molecular flexibility index (Phi) is 6.23. The molecule has 0 radical (unpaired) electrons. The molecule has 1 unspecified atom stereocenters. The molecule has 1 aromatic carbocycles. The number of hydrogen-bond donors (Lipinski definition) is 1. The summed E-state index contributed by atoms with van der Waals surface area (Å²) in [5.41, 5.74) is -0.328. The predicted octanol–water partition coefficient (Wildman–Crippen LogP) is 3.63. The summed E-state index contributed by atoms with van der Waals surface area (Å²) in [6.07, 6.45) is 0.705. The van der Waals surface area contributed by atoms with Crippen LogP contribution in [0.1, 0.15) is 30.6 Å². The number of amides is 1. The van der Waals surface area contributed by atoms with Crippen molar-refractivity contribution in [3.63, 3.8) is 0 Å². The van der Waals surface area contributed by atoms with Crippen LogP contribution < -0.4 is 5.32 Å². The third kappa shape index (κ3) is 4.65. The Balaban J connectivity index is 2.94. The summed E-state index contributed by atoms with van der Waals surface area (Å²) >= 11 is 11.5. The van der Waals surface area contributed by atoms with E-state index in [0.29, 0.717) is 12.3 Å². The SMILES string of the molecule is CC(C)CC(CCl)NC(=O)c1ccc(Cl)cc1[N+](=O)[O-]. The Bertz CT molecular complexity index is 506. The first-order valence-corrected chi connectivity index (χ1v) is 7.07. The maximum absolute atomic E-state index is 12.1. The molecule has 1 N–H and O–H groups in total. The Hall–Kier alpha value is -1.33. The molecule has 5 nitrogen and oxygen atoms in total. The van der Waals surface area contributed by atoms with Crippen molar-refractivity contribution < 1.29 is 9.72 Å². The number of halogens is 2. The van der Waals surface area contributed by atoms with Gasteiger partial charge in [-0.3, -0.25) is 14.9 Å². The lowest BCUT2D eigenvalue weighted by Crippen LogP contribution is -2.37. The molecule has 0 saturated carbocycles. The number of carbonyl (C=O) groups is 1. The average Bonchev–Trinajstić information content (AvgIpc) is 2.36. The standard InChI is InChI=1S/C13H16Cl2N2O3/c1-8(2)5-10(7-14)16-13(18)11-4-3-9(15)6-12(11)17(19)20/h3-4,6,8,10H,5,7H2,1-2H3,(H,16,18). The van der Waals surface area contributed by atoms with Gasteiger partial charge in [-0.15, -0.1) is 11.6 Å². The van der Waals surface area contributed by atoms with Gasteiger partial charge in [0, 0.05) is 23.0 Å². The molecular weight excluding hydrogens is 303 g/mol. The van der Waals surface area contributed by atoms with Gasteiger partial charge in [-0.2, -0.15) is 0 Å². The second kappa shape index (κ2) is 7.45. The number of benzene rings is 1. The van der Waals surface area contributed by atoms with Crippen LogP contribution in [-0.2, 0) is 0 Å². The van der Waals surface area contributed by atoms with E-state index in [9.17, 15) is 14.9 Å². The fourth-order valence-corrected chi connectivity index (χ4v) is 2.21. The van der Waals surface area contributed by atoms with Crippen molar-refractivity contribution in [2.75, 3.05) is 5.88 Å². The molecule has 0 saturated heterocycles. The van der Waals surface area contributed by atoms with Crippen molar-refractivity contribution in [3.8, 4) is 0 Å². The monoisotopic (exact) mass is 318 g/mol. The molecule has 1 rings (SSSR count). The fourth-order valence-electron chi connectivity index (χ4n) is 1.84. The van der Waals surface area contributed by atoms with Crippen molar-refractivity contribution >= 4 is 34.8 Å². The van der Waals surface area contributed by atoms with Gasteiger partial charge < -0.3 is 5.32 Å². The number of alkyl halides is 1. The summed E-state index contributed by atoms with van der Waals surface area (Å²) in [5.74, 6) is 0.101. The van der Waals surface area contributed by atoms with Crippen molar-refractivity contribution in [1.82, 2.24) is 5.32 Å². The first kappa shape index (κ1) is 16.7. The quantitative estimate of drug-likeness (QED) is 0.494. The molecule has 0 aromatic heterocycles. The molecule has 0 fully saturated rings. The van der Waals surface area contributed by atoms with E-state index in [2.05, 4.69) is 5.32 Å². The zero-order chi connectivity index (χ0) is 15.3. The Morgan fingerprint density at radius 2 is 2.10 bits per heavy atom. The number of nitro benzene ring substituents is 1. The molecule has 1 amide bonds. The Morgan fingerprint density at radius 1 is 1.45 bits per heavy atom. The third-order valence-corrected chi connectivity index (χ3v) is 3.29. The fraction of sp³-hybridized carbons (Fsp3) is 0.462. The molecule has 1 aromatic rings. The highest BCUT2D eigenvalue weighted by atomic mass is 35.5. The molecule has 20 heavy (non-hydrogen) atoms. The van der Waals surface area contributed by atoms with Crippen LogP contribution in [0.5, 0.6) is 0 Å². The number of nitrogens with zero attached hydrogens (tertiary/aromatic N) is 1. The molecule has 0 heterocycles. The molecule has 0 aliphatic rings. The van der Waals surface area contributed by atoms with E-state index in [-0.39, 0.29) is 28.2 Å². The van der Waals surface area contributed by atoms with Crippen LogP contribution in [-0.4, -0.2) is 22.8 Å². The number of nitro groups is 1. The van der Waals surface area contributed by atoms with Crippen LogP contribution in [0.3, 0.4) is 0 Å². The van der Waals surface area contributed by atoms with E-state index >= 15 is 0 Å². The molecule has 0 bridgehead atoms. The van der Waals surface area contributed by atoms with Gasteiger partial charge in [-0.05, 0) is 24.5 Å². The molecule has 0 spiro atoms. The molecule has 1 atom stereocenters. The summed E-state index contributed by atoms with van der Waals surface area (Å²) in [6, 6.07) is 3.73. The van der Waals surface area contributed by atoms with E-state index in [4.69, 9.17) is 23.2 Å². The number of rotatable bonds is 6. The van der Waals surface area contributed by atoms with Crippen molar-refractivity contribution in [1.29, 1.82) is 0 Å². The number of nitrogens with one attached hydrogen (secondary N) is 1. The maximum atomic E-state index is 12.1. The van der Waals surface area contributed by atoms with Gasteiger partial charge in [0.2, 0.25) is 0 Å². The van der Waals surface area contributed by atoms with Crippen LogP contribution >= 0.6 is 23.2 Å². The molecular formula is C13H16Cl2N2O3. The first-order valence-electron chi connectivity index (χ1n) is 6.16.